The smallest absolute Gasteiger partial charge is 0.455 e. The van der Waals surface area contributed by atoms with E-state index in [1.165, 1.54) is 0 Å². The molecule has 0 aromatic heterocycles. The van der Waals surface area contributed by atoms with E-state index in [1.807, 2.05) is 0 Å². The monoisotopic (exact) mass is 273 g/mol. The summed E-state index contributed by atoms with van der Waals surface area (Å²) in [4.78, 5) is 0. The minimum absolute atomic E-state index is 0.564. The van der Waals surface area contributed by atoms with Gasteiger partial charge in [0.05, 0.1) is 0 Å². The van der Waals surface area contributed by atoms with Crippen LogP contribution in [0.15, 0.2) is 12.1 Å². The number of halogens is 5. The van der Waals surface area contributed by atoms with Crippen molar-refractivity contribution < 1.29 is 37.3 Å². The van der Waals surface area contributed by atoms with Crippen LogP contribution < -0.4 is 5.73 Å². The number of alkyl halides is 5. The number of phenols is 3. The fourth-order valence-electron chi connectivity index (χ4n) is 1.21. The summed E-state index contributed by atoms with van der Waals surface area (Å²) in [5, 5.41) is 27.1. The van der Waals surface area contributed by atoms with Crippen molar-refractivity contribution >= 4 is 0 Å². The predicted molar refractivity (Wildman–Crippen MR) is 49.4 cm³/mol. The Kier molecular flexibility index (Phi) is 3.30. The van der Waals surface area contributed by atoms with Crippen molar-refractivity contribution in [3.8, 4) is 17.2 Å². The van der Waals surface area contributed by atoms with Crippen LogP contribution in [0, 0.1) is 0 Å². The Bertz CT molecular complexity index is 460. The zero-order valence-electron chi connectivity index (χ0n) is 8.54. The molecular weight excluding hydrogens is 265 g/mol. The van der Waals surface area contributed by atoms with Gasteiger partial charge < -0.3 is 21.1 Å². The van der Waals surface area contributed by atoms with Crippen LogP contribution in [-0.4, -0.2) is 27.4 Å². The minimum atomic E-state index is -5.91. The molecule has 0 heterocycles. The molecule has 1 aromatic rings. The Morgan fingerprint density at radius 1 is 0.944 bits per heavy atom. The Morgan fingerprint density at radius 3 is 1.89 bits per heavy atom. The Hall–Kier alpha value is -1.77. The van der Waals surface area contributed by atoms with Crippen LogP contribution >= 0.6 is 0 Å². The molecule has 1 aromatic carbocycles. The number of hydrogen-bond donors (Lipinski definition) is 4. The van der Waals surface area contributed by atoms with Crippen LogP contribution in [0.4, 0.5) is 22.0 Å². The molecule has 0 saturated heterocycles. The summed E-state index contributed by atoms with van der Waals surface area (Å²) < 4.78 is 62.0. The van der Waals surface area contributed by atoms with Crippen molar-refractivity contribution in [2.24, 2.45) is 5.73 Å². The first-order valence-corrected chi connectivity index (χ1v) is 4.44. The number of aromatic hydroxyl groups is 3. The number of benzene rings is 1. The van der Waals surface area contributed by atoms with Crippen molar-refractivity contribution in [3.05, 3.63) is 17.7 Å². The van der Waals surface area contributed by atoms with E-state index in [-0.39, 0.29) is 0 Å². The molecule has 102 valence electrons. The molecule has 1 atom stereocenters. The average Bonchev–Trinajstić information content (AvgIpc) is 2.24. The van der Waals surface area contributed by atoms with Gasteiger partial charge in [-0.15, -0.1) is 0 Å². The van der Waals surface area contributed by atoms with Crippen molar-refractivity contribution in [2.45, 2.75) is 18.1 Å². The van der Waals surface area contributed by atoms with Gasteiger partial charge in [0.1, 0.15) is 6.04 Å². The van der Waals surface area contributed by atoms with Crippen LogP contribution in [-0.2, 0) is 0 Å². The lowest BCUT2D eigenvalue weighted by molar-refractivity contribution is -0.291. The standard InChI is InChI=1S/C9H8F5NO3/c10-8(11,9(12,13)14)7(15)3-1-2-4(16)6(18)5(3)17/h1-2,7,16-18H,15H2/t7-/m0/s1. The highest BCUT2D eigenvalue weighted by Crippen LogP contribution is 2.48. The van der Waals surface area contributed by atoms with Gasteiger partial charge in [0.2, 0.25) is 5.75 Å². The van der Waals surface area contributed by atoms with Crippen molar-refractivity contribution in [1.82, 2.24) is 0 Å². The SMILES string of the molecule is N[C@@H](c1ccc(O)c(O)c1O)C(F)(F)C(F)(F)F. The Morgan fingerprint density at radius 2 is 1.44 bits per heavy atom. The molecule has 0 spiro atoms. The first-order chi connectivity index (χ1) is 8.00. The highest BCUT2D eigenvalue weighted by Gasteiger charge is 2.62. The lowest BCUT2D eigenvalue weighted by atomic mass is 9.99. The van der Waals surface area contributed by atoms with Gasteiger partial charge in [0.25, 0.3) is 0 Å². The van der Waals surface area contributed by atoms with E-state index in [1.54, 1.807) is 0 Å². The molecular formula is C9H8F5NO3. The van der Waals surface area contributed by atoms with E-state index in [2.05, 4.69) is 0 Å². The topological polar surface area (TPSA) is 86.7 Å². The zero-order chi connectivity index (χ0) is 14.3. The summed E-state index contributed by atoms with van der Waals surface area (Å²) >= 11 is 0. The number of phenolic OH excluding ortho intramolecular Hbond substituents is 3. The number of nitrogens with two attached hydrogens (primary N) is 1. The summed E-state index contributed by atoms with van der Waals surface area (Å²) in [7, 11) is 0. The van der Waals surface area contributed by atoms with E-state index in [0.29, 0.717) is 12.1 Å². The van der Waals surface area contributed by atoms with Gasteiger partial charge in [-0.25, -0.2) is 0 Å². The quantitative estimate of drug-likeness (QED) is 0.490. The lowest BCUT2D eigenvalue weighted by Crippen LogP contribution is -2.45. The fraction of sp³-hybridized carbons (Fsp3) is 0.333. The normalized spacial score (nSPS) is 14.6. The van der Waals surface area contributed by atoms with E-state index in [0.717, 1.165) is 0 Å². The Balaban J connectivity index is 3.28. The summed E-state index contributed by atoms with van der Waals surface area (Å²) in [6.45, 7) is 0. The maximum Gasteiger partial charge on any atom is 0.455 e. The van der Waals surface area contributed by atoms with E-state index >= 15 is 0 Å². The van der Waals surface area contributed by atoms with Gasteiger partial charge >= 0.3 is 12.1 Å². The predicted octanol–water partition coefficient (Wildman–Crippen LogP) is 2.00. The van der Waals surface area contributed by atoms with Gasteiger partial charge in [-0.05, 0) is 12.1 Å². The third kappa shape index (κ3) is 2.13. The lowest BCUT2D eigenvalue weighted by Gasteiger charge is -2.26. The van der Waals surface area contributed by atoms with Gasteiger partial charge in [-0.2, -0.15) is 22.0 Å². The highest BCUT2D eigenvalue weighted by molar-refractivity contribution is 5.54. The minimum Gasteiger partial charge on any atom is -0.504 e. The van der Waals surface area contributed by atoms with Crippen molar-refractivity contribution in [2.75, 3.05) is 0 Å². The molecule has 0 unspecified atom stereocenters. The molecule has 0 saturated carbocycles. The highest BCUT2D eigenvalue weighted by atomic mass is 19.4. The summed E-state index contributed by atoms with van der Waals surface area (Å²) in [5.74, 6) is -8.72. The number of hydrogen-bond acceptors (Lipinski definition) is 4. The third-order valence-electron chi connectivity index (χ3n) is 2.26. The second-order valence-corrected chi connectivity index (χ2v) is 3.47. The molecule has 18 heavy (non-hydrogen) atoms. The van der Waals surface area contributed by atoms with Gasteiger partial charge in [0, 0.05) is 5.56 Å². The van der Waals surface area contributed by atoms with Gasteiger partial charge in [0.15, 0.2) is 11.5 Å². The molecule has 4 nitrogen and oxygen atoms in total. The fourth-order valence-corrected chi connectivity index (χ4v) is 1.21. The first-order valence-electron chi connectivity index (χ1n) is 4.44. The van der Waals surface area contributed by atoms with Crippen LogP contribution in [0.5, 0.6) is 17.2 Å². The van der Waals surface area contributed by atoms with Gasteiger partial charge in [-0.1, -0.05) is 0 Å². The van der Waals surface area contributed by atoms with E-state index in [9.17, 15) is 27.1 Å². The molecule has 0 aliphatic rings. The maximum absolute atomic E-state index is 12.9. The van der Waals surface area contributed by atoms with Crippen molar-refractivity contribution in [3.63, 3.8) is 0 Å². The van der Waals surface area contributed by atoms with Crippen LogP contribution in [0.2, 0.25) is 0 Å². The second-order valence-electron chi connectivity index (χ2n) is 3.47. The largest absolute Gasteiger partial charge is 0.504 e. The van der Waals surface area contributed by atoms with Gasteiger partial charge in [-0.3, -0.25) is 0 Å². The first kappa shape index (κ1) is 14.3. The van der Waals surface area contributed by atoms with E-state index < -0.39 is 41.0 Å². The average molecular weight is 273 g/mol. The van der Waals surface area contributed by atoms with Crippen LogP contribution in [0.25, 0.3) is 0 Å². The summed E-state index contributed by atoms with van der Waals surface area (Å²) in [6.07, 6.45) is -5.91. The zero-order valence-corrected chi connectivity index (χ0v) is 8.54. The maximum atomic E-state index is 12.9. The van der Waals surface area contributed by atoms with Crippen molar-refractivity contribution in [1.29, 1.82) is 0 Å². The number of rotatable bonds is 2. The molecule has 0 amide bonds. The molecule has 0 fully saturated rings. The third-order valence-corrected chi connectivity index (χ3v) is 2.26. The van der Waals surface area contributed by atoms with Crippen LogP contribution in [0.1, 0.15) is 11.6 Å². The molecule has 0 aliphatic carbocycles. The molecule has 5 N–H and O–H groups in total. The molecule has 0 radical (unpaired) electrons. The molecule has 1 rings (SSSR count). The molecule has 0 bridgehead atoms. The summed E-state index contributed by atoms with van der Waals surface area (Å²) in [5.41, 5.74) is 3.72. The van der Waals surface area contributed by atoms with Crippen LogP contribution in [0.3, 0.4) is 0 Å². The molecule has 0 aliphatic heterocycles. The Labute approximate surface area is 97.1 Å². The van der Waals surface area contributed by atoms with E-state index in [4.69, 9.17) is 15.9 Å². The molecule has 9 heteroatoms. The summed E-state index contributed by atoms with van der Waals surface area (Å²) in [6, 6.07) is -1.71. The second kappa shape index (κ2) is 4.16.